The fourth-order valence-corrected chi connectivity index (χ4v) is 2.96. The number of H-pyrrole nitrogens is 1. The lowest BCUT2D eigenvalue weighted by Crippen LogP contribution is -2.54. The molecule has 8 nitrogen and oxygen atoms in total. The Hall–Kier alpha value is -2.78. The number of aliphatic hydroxyl groups is 1. The predicted octanol–water partition coefficient (Wildman–Crippen LogP) is 0.341. The number of halogens is 1. The van der Waals surface area contributed by atoms with E-state index in [9.17, 15) is 19.5 Å². The van der Waals surface area contributed by atoms with Crippen LogP contribution in [0.4, 0.5) is 4.39 Å². The summed E-state index contributed by atoms with van der Waals surface area (Å²) in [6.45, 7) is 0.700. The number of aryl methyl sites for hydroxylation is 1. The van der Waals surface area contributed by atoms with Gasteiger partial charge in [0.25, 0.3) is 5.56 Å². The molecule has 1 aromatic carbocycles. The number of aromatic nitrogens is 2. The van der Waals surface area contributed by atoms with Crippen molar-refractivity contribution in [3.05, 3.63) is 68.5 Å². The molecular weight excluding hydrogens is 359 g/mol. The average Bonchev–Trinajstić information content (AvgIpc) is 2.67. The SMILES string of the molecule is Cc1cn([C@@H]2COC(CO)[C@@H](OC(=O)c3ccccc3)[C@H]2F)c(=O)[nH]c1=O. The topological polar surface area (TPSA) is 111 Å². The number of esters is 1. The number of hydrogen-bond donors (Lipinski definition) is 2. The molecule has 0 bridgehead atoms. The van der Waals surface area contributed by atoms with E-state index >= 15 is 4.39 Å². The summed E-state index contributed by atoms with van der Waals surface area (Å²) in [7, 11) is 0. The van der Waals surface area contributed by atoms with Crippen LogP contribution in [0.1, 0.15) is 22.0 Å². The molecule has 1 fully saturated rings. The first-order valence-corrected chi connectivity index (χ1v) is 8.37. The number of rotatable bonds is 4. The zero-order valence-electron chi connectivity index (χ0n) is 14.5. The lowest BCUT2D eigenvalue weighted by Gasteiger charge is -2.38. The second-order valence-electron chi connectivity index (χ2n) is 6.28. The monoisotopic (exact) mass is 378 g/mol. The van der Waals surface area contributed by atoms with Crippen molar-refractivity contribution in [2.75, 3.05) is 13.2 Å². The molecule has 27 heavy (non-hydrogen) atoms. The molecule has 2 N–H and O–H groups in total. The maximum Gasteiger partial charge on any atom is 0.338 e. The van der Waals surface area contributed by atoms with Crippen LogP contribution in [0, 0.1) is 6.92 Å². The van der Waals surface area contributed by atoms with Crippen LogP contribution in [0.5, 0.6) is 0 Å². The lowest BCUT2D eigenvalue weighted by molar-refractivity contribution is -0.152. The van der Waals surface area contributed by atoms with E-state index in [1.807, 2.05) is 0 Å². The highest BCUT2D eigenvalue weighted by atomic mass is 19.1. The molecule has 0 aliphatic carbocycles. The van der Waals surface area contributed by atoms with Crippen molar-refractivity contribution >= 4 is 5.97 Å². The molecule has 1 saturated heterocycles. The predicted molar refractivity (Wildman–Crippen MR) is 92.5 cm³/mol. The van der Waals surface area contributed by atoms with E-state index in [0.717, 1.165) is 4.57 Å². The molecule has 1 aliphatic rings. The van der Waals surface area contributed by atoms with Crippen molar-refractivity contribution in [3.8, 4) is 0 Å². The van der Waals surface area contributed by atoms with Gasteiger partial charge in [-0.15, -0.1) is 0 Å². The van der Waals surface area contributed by atoms with Crippen LogP contribution < -0.4 is 11.2 Å². The maximum atomic E-state index is 15.2. The highest BCUT2D eigenvalue weighted by molar-refractivity contribution is 5.89. The van der Waals surface area contributed by atoms with Crippen molar-refractivity contribution in [3.63, 3.8) is 0 Å². The molecule has 2 heterocycles. The summed E-state index contributed by atoms with van der Waals surface area (Å²) in [6, 6.07) is 6.90. The van der Waals surface area contributed by atoms with Gasteiger partial charge in [0.05, 0.1) is 24.8 Å². The summed E-state index contributed by atoms with van der Waals surface area (Å²) >= 11 is 0. The Balaban J connectivity index is 1.88. The van der Waals surface area contributed by atoms with E-state index in [0.29, 0.717) is 0 Å². The normalized spacial score (nSPS) is 25.1. The Labute approximate surface area is 153 Å². The first kappa shape index (κ1) is 19.0. The molecule has 3 rings (SSSR count). The van der Waals surface area contributed by atoms with Gasteiger partial charge < -0.3 is 14.6 Å². The molecule has 0 amide bonds. The van der Waals surface area contributed by atoms with Crippen molar-refractivity contribution in [1.82, 2.24) is 9.55 Å². The van der Waals surface area contributed by atoms with Crippen molar-refractivity contribution in [2.24, 2.45) is 0 Å². The fraction of sp³-hybridized carbons (Fsp3) is 0.389. The van der Waals surface area contributed by atoms with Gasteiger partial charge in [0.15, 0.2) is 12.3 Å². The molecule has 144 valence electrons. The number of nitrogens with zero attached hydrogens (tertiary/aromatic N) is 1. The smallest absolute Gasteiger partial charge is 0.338 e. The summed E-state index contributed by atoms with van der Waals surface area (Å²) in [5, 5.41) is 9.46. The summed E-state index contributed by atoms with van der Waals surface area (Å²) in [6.07, 6.45) is -3.08. The van der Waals surface area contributed by atoms with Gasteiger partial charge in [0, 0.05) is 11.8 Å². The number of nitrogens with one attached hydrogen (secondary N) is 1. The van der Waals surface area contributed by atoms with Gasteiger partial charge >= 0.3 is 11.7 Å². The summed E-state index contributed by atoms with van der Waals surface area (Å²) in [4.78, 5) is 38.0. The second kappa shape index (κ2) is 7.85. The molecule has 1 aromatic heterocycles. The minimum Gasteiger partial charge on any atom is -0.453 e. The Morgan fingerprint density at radius 1 is 1.37 bits per heavy atom. The number of carbonyl (C=O) groups is 1. The zero-order valence-corrected chi connectivity index (χ0v) is 14.5. The highest BCUT2D eigenvalue weighted by Gasteiger charge is 2.44. The zero-order chi connectivity index (χ0) is 19.6. The van der Waals surface area contributed by atoms with Crippen LogP contribution in [0.2, 0.25) is 0 Å². The van der Waals surface area contributed by atoms with Crippen LogP contribution in [-0.2, 0) is 9.47 Å². The Kier molecular flexibility index (Phi) is 5.52. The van der Waals surface area contributed by atoms with Gasteiger partial charge in [0.2, 0.25) is 0 Å². The molecule has 0 spiro atoms. The van der Waals surface area contributed by atoms with Crippen molar-refractivity contribution < 1.29 is 23.8 Å². The average molecular weight is 378 g/mol. The van der Waals surface area contributed by atoms with Crippen LogP contribution >= 0.6 is 0 Å². The first-order chi connectivity index (χ1) is 12.9. The summed E-state index contributed by atoms with van der Waals surface area (Å²) in [5.74, 6) is -0.768. The molecule has 0 saturated carbocycles. The van der Waals surface area contributed by atoms with Crippen LogP contribution in [0.3, 0.4) is 0 Å². The lowest BCUT2D eigenvalue weighted by atomic mass is 9.99. The minimum absolute atomic E-state index is 0.223. The first-order valence-electron chi connectivity index (χ1n) is 8.37. The number of ether oxygens (including phenoxy) is 2. The van der Waals surface area contributed by atoms with Gasteiger partial charge in [0.1, 0.15) is 6.10 Å². The number of carbonyl (C=O) groups excluding carboxylic acids is 1. The van der Waals surface area contributed by atoms with Gasteiger partial charge in [-0.3, -0.25) is 14.3 Å². The van der Waals surface area contributed by atoms with Crippen LogP contribution in [0.25, 0.3) is 0 Å². The Morgan fingerprint density at radius 3 is 2.74 bits per heavy atom. The molecule has 0 radical (unpaired) electrons. The quantitative estimate of drug-likeness (QED) is 0.743. The maximum absolute atomic E-state index is 15.2. The van der Waals surface area contributed by atoms with E-state index in [-0.39, 0.29) is 17.7 Å². The molecule has 4 atom stereocenters. The van der Waals surface area contributed by atoms with Gasteiger partial charge in [-0.25, -0.2) is 14.0 Å². The van der Waals surface area contributed by atoms with Crippen LogP contribution in [-0.4, -0.2) is 52.2 Å². The number of alkyl halides is 1. The van der Waals surface area contributed by atoms with Gasteiger partial charge in [-0.1, -0.05) is 18.2 Å². The molecular formula is C18H19FN2O6. The minimum atomic E-state index is -1.83. The third-order valence-corrected chi connectivity index (χ3v) is 4.46. The summed E-state index contributed by atoms with van der Waals surface area (Å²) in [5.41, 5.74) is -0.911. The molecule has 9 heteroatoms. The number of hydrogen-bond acceptors (Lipinski definition) is 6. The van der Waals surface area contributed by atoms with E-state index in [1.54, 1.807) is 18.2 Å². The van der Waals surface area contributed by atoms with E-state index in [4.69, 9.17) is 9.47 Å². The van der Waals surface area contributed by atoms with E-state index < -0.39 is 48.2 Å². The fourth-order valence-electron chi connectivity index (χ4n) is 2.96. The molecule has 1 unspecified atom stereocenters. The third kappa shape index (κ3) is 3.83. The molecule has 2 aromatic rings. The molecule has 1 aliphatic heterocycles. The highest BCUT2D eigenvalue weighted by Crippen LogP contribution is 2.29. The summed E-state index contributed by atoms with van der Waals surface area (Å²) < 4.78 is 26.9. The Bertz CT molecular complexity index is 925. The van der Waals surface area contributed by atoms with Gasteiger partial charge in [-0.2, -0.15) is 0 Å². The number of aliphatic hydroxyl groups excluding tert-OH is 1. The third-order valence-electron chi connectivity index (χ3n) is 4.46. The number of benzene rings is 1. The van der Waals surface area contributed by atoms with Crippen molar-refractivity contribution in [1.29, 1.82) is 0 Å². The number of aromatic amines is 1. The Morgan fingerprint density at radius 2 is 2.07 bits per heavy atom. The second-order valence-corrected chi connectivity index (χ2v) is 6.28. The largest absolute Gasteiger partial charge is 0.453 e. The van der Waals surface area contributed by atoms with E-state index in [2.05, 4.69) is 4.98 Å². The van der Waals surface area contributed by atoms with Crippen molar-refractivity contribution in [2.45, 2.75) is 31.3 Å². The van der Waals surface area contributed by atoms with E-state index in [1.165, 1.54) is 25.3 Å². The standard InChI is InChI=1S/C18H19FN2O6/c1-10-7-21(18(25)20-16(10)23)12-9-26-13(8-22)15(14(12)19)27-17(24)11-5-3-2-4-6-11/h2-7,12-15,22H,8-9H2,1H3,(H,20,23,25)/t12-,13?,14+,15-/m1/s1. The van der Waals surface area contributed by atoms with Gasteiger partial charge in [-0.05, 0) is 19.1 Å². The van der Waals surface area contributed by atoms with Crippen LogP contribution in [0.15, 0.2) is 46.1 Å².